The number of hydrogen-bond acceptors (Lipinski definition) is 2. The van der Waals surface area contributed by atoms with Crippen molar-refractivity contribution in [3.63, 3.8) is 0 Å². The summed E-state index contributed by atoms with van der Waals surface area (Å²) in [5, 5.41) is 2.72. The molecule has 2 rings (SSSR count). The highest BCUT2D eigenvalue weighted by Gasteiger charge is 2.38. The van der Waals surface area contributed by atoms with E-state index in [-0.39, 0.29) is 5.04 Å². The lowest BCUT2D eigenvalue weighted by atomic mass is 10.1. The number of hydrogen-bond donors (Lipinski definition) is 0. The monoisotopic (exact) mass is 301 g/mol. The van der Waals surface area contributed by atoms with Crippen LogP contribution in [0.3, 0.4) is 0 Å². The van der Waals surface area contributed by atoms with Gasteiger partial charge in [-0.25, -0.2) is 0 Å². The van der Waals surface area contributed by atoms with E-state index in [9.17, 15) is 0 Å². The number of rotatable bonds is 3. The van der Waals surface area contributed by atoms with Crippen LogP contribution in [-0.4, -0.2) is 22.4 Å². The van der Waals surface area contributed by atoms with Crippen LogP contribution < -0.4 is 9.33 Å². The van der Waals surface area contributed by atoms with Crippen molar-refractivity contribution in [3.05, 3.63) is 36.4 Å². The molecule has 0 aliphatic heterocycles. The Bertz CT molecular complexity index is 641. The van der Waals surface area contributed by atoms with E-state index in [1.807, 2.05) is 0 Å². The molecule has 0 atom stereocenters. The summed E-state index contributed by atoms with van der Waals surface area (Å²) < 4.78 is 6.40. The zero-order valence-corrected chi connectivity index (χ0v) is 15.3. The maximum Gasteiger partial charge on any atom is 0.250 e. The first kappa shape index (κ1) is 15.9. The van der Waals surface area contributed by atoms with Gasteiger partial charge >= 0.3 is 0 Å². The number of nitrogens with zero attached hydrogens (tertiary/aromatic N) is 1. The number of anilines is 1. The smallest absolute Gasteiger partial charge is 0.250 e. The van der Waals surface area contributed by atoms with Gasteiger partial charge in [0.25, 0.3) is 0 Å². The van der Waals surface area contributed by atoms with Gasteiger partial charge in [0, 0.05) is 25.2 Å². The van der Waals surface area contributed by atoms with Crippen LogP contribution in [-0.2, 0) is 0 Å². The summed E-state index contributed by atoms with van der Waals surface area (Å²) in [5.41, 5.74) is 1.24. The number of benzene rings is 2. The predicted octanol–water partition coefficient (Wildman–Crippen LogP) is 5.29. The summed E-state index contributed by atoms with van der Waals surface area (Å²) in [6, 6.07) is 12.9. The second-order valence-electron chi connectivity index (χ2n) is 7.42. The molecule has 0 saturated carbocycles. The molecule has 3 heteroatoms. The standard InChI is InChI=1S/C18H27NOSi/c1-18(2,3)21(6,7)20-15-11-12-16-14(13-15)9-8-10-17(16)19(4)5/h8-13H,1-7H3. The molecule has 0 fully saturated rings. The molecule has 0 saturated heterocycles. The summed E-state index contributed by atoms with van der Waals surface area (Å²) in [6.07, 6.45) is 0. The molecule has 0 heterocycles. The van der Waals surface area contributed by atoms with Crippen LogP contribution in [0.25, 0.3) is 10.8 Å². The first-order valence-corrected chi connectivity index (χ1v) is 10.4. The zero-order valence-electron chi connectivity index (χ0n) is 14.3. The van der Waals surface area contributed by atoms with Crippen LogP contribution in [0.15, 0.2) is 36.4 Å². The van der Waals surface area contributed by atoms with Crippen molar-refractivity contribution in [2.45, 2.75) is 38.9 Å². The summed E-state index contributed by atoms with van der Waals surface area (Å²) in [4.78, 5) is 2.15. The summed E-state index contributed by atoms with van der Waals surface area (Å²) >= 11 is 0. The molecule has 0 spiro atoms. The Morgan fingerprint density at radius 1 is 1.00 bits per heavy atom. The van der Waals surface area contributed by atoms with Crippen molar-refractivity contribution in [1.82, 2.24) is 0 Å². The van der Waals surface area contributed by atoms with Crippen molar-refractivity contribution in [2.24, 2.45) is 0 Å². The largest absolute Gasteiger partial charge is 0.543 e. The normalized spacial score (nSPS) is 12.5. The lowest BCUT2D eigenvalue weighted by molar-refractivity contribution is 0.493. The number of fused-ring (bicyclic) bond motifs is 1. The van der Waals surface area contributed by atoms with Crippen molar-refractivity contribution in [2.75, 3.05) is 19.0 Å². The molecule has 0 amide bonds. The van der Waals surface area contributed by atoms with Gasteiger partial charge in [0.15, 0.2) is 0 Å². The molecule has 0 radical (unpaired) electrons. The van der Waals surface area contributed by atoms with Gasteiger partial charge in [-0.05, 0) is 47.8 Å². The van der Waals surface area contributed by atoms with Crippen molar-refractivity contribution in [1.29, 1.82) is 0 Å². The van der Waals surface area contributed by atoms with Gasteiger partial charge in [-0.3, -0.25) is 0 Å². The van der Waals surface area contributed by atoms with Crippen LogP contribution in [0.1, 0.15) is 20.8 Å². The average Bonchev–Trinajstić information content (AvgIpc) is 2.35. The van der Waals surface area contributed by atoms with E-state index in [0.29, 0.717) is 0 Å². The second kappa shape index (κ2) is 5.37. The van der Waals surface area contributed by atoms with E-state index in [0.717, 1.165) is 5.75 Å². The molecule has 2 aromatic rings. The van der Waals surface area contributed by atoms with E-state index < -0.39 is 8.32 Å². The van der Waals surface area contributed by atoms with Gasteiger partial charge in [0.2, 0.25) is 8.32 Å². The molecule has 21 heavy (non-hydrogen) atoms. The quantitative estimate of drug-likeness (QED) is 0.714. The minimum atomic E-state index is -1.78. The van der Waals surface area contributed by atoms with Crippen LogP contribution in [0.2, 0.25) is 18.1 Å². The van der Waals surface area contributed by atoms with Gasteiger partial charge in [0.1, 0.15) is 5.75 Å². The Hall–Kier alpha value is -1.48. The first-order chi connectivity index (χ1) is 9.62. The predicted molar refractivity (Wildman–Crippen MR) is 96.1 cm³/mol. The maximum absolute atomic E-state index is 6.40. The first-order valence-electron chi connectivity index (χ1n) is 7.51. The maximum atomic E-state index is 6.40. The summed E-state index contributed by atoms with van der Waals surface area (Å²) in [7, 11) is 2.38. The minimum absolute atomic E-state index is 0.216. The molecule has 0 aromatic heterocycles. The molecule has 2 aromatic carbocycles. The van der Waals surface area contributed by atoms with E-state index in [2.05, 4.69) is 89.3 Å². The fourth-order valence-electron chi connectivity index (χ4n) is 2.15. The zero-order chi connectivity index (χ0) is 15.8. The highest BCUT2D eigenvalue weighted by atomic mass is 28.4. The molecule has 0 N–H and O–H groups in total. The highest BCUT2D eigenvalue weighted by molar-refractivity contribution is 6.74. The fourth-order valence-corrected chi connectivity index (χ4v) is 3.17. The third-order valence-corrected chi connectivity index (χ3v) is 8.85. The van der Waals surface area contributed by atoms with Gasteiger partial charge in [-0.2, -0.15) is 0 Å². The molecular weight excluding hydrogens is 274 g/mol. The van der Waals surface area contributed by atoms with Crippen molar-refractivity contribution < 1.29 is 4.43 Å². The molecule has 0 unspecified atom stereocenters. The van der Waals surface area contributed by atoms with Gasteiger partial charge in [-0.15, -0.1) is 0 Å². The van der Waals surface area contributed by atoms with E-state index in [1.54, 1.807) is 0 Å². The van der Waals surface area contributed by atoms with Gasteiger partial charge in [0.05, 0.1) is 0 Å². The van der Waals surface area contributed by atoms with Crippen molar-refractivity contribution >= 4 is 24.8 Å². The summed E-state index contributed by atoms with van der Waals surface area (Å²) in [5.74, 6) is 0.991. The topological polar surface area (TPSA) is 12.5 Å². The Balaban J connectivity index is 2.41. The Kier molecular flexibility index (Phi) is 4.07. The Morgan fingerprint density at radius 2 is 1.67 bits per heavy atom. The Labute approximate surface area is 129 Å². The van der Waals surface area contributed by atoms with Crippen LogP contribution in [0.4, 0.5) is 5.69 Å². The lowest BCUT2D eigenvalue weighted by Gasteiger charge is -2.36. The van der Waals surface area contributed by atoms with Crippen LogP contribution in [0, 0.1) is 0 Å². The molecular formula is C18H27NOSi. The Morgan fingerprint density at radius 3 is 2.24 bits per heavy atom. The van der Waals surface area contributed by atoms with Gasteiger partial charge in [-0.1, -0.05) is 32.9 Å². The average molecular weight is 302 g/mol. The third-order valence-electron chi connectivity index (χ3n) is 4.49. The molecule has 114 valence electrons. The summed E-state index contributed by atoms with van der Waals surface area (Å²) in [6.45, 7) is 11.4. The van der Waals surface area contributed by atoms with Crippen molar-refractivity contribution in [3.8, 4) is 5.75 Å². The van der Waals surface area contributed by atoms with Crippen LogP contribution >= 0.6 is 0 Å². The minimum Gasteiger partial charge on any atom is -0.543 e. The molecule has 0 bridgehead atoms. The SMILES string of the molecule is CN(C)c1cccc2cc(O[Si](C)(C)C(C)(C)C)ccc12. The molecule has 0 aliphatic carbocycles. The molecule has 0 aliphatic rings. The lowest BCUT2D eigenvalue weighted by Crippen LogP contribution is -2.43. The van der Waals surface area contributed by atoms with E-state index in [4.69, 9.17) is 4.43 Å². The second-order valence-corrected chi connectivity index (χ2v) is 12.1. The van der Waals surface area contributed by atoms with E-state index in [1.165, 1.54) is 16.5 Å². The third kappa shape index (κ3) is 3.23. The molecule has 2 nitrogen and oxygen atoms in total. The highest BCUT2D eigenvalue weighted by Crippen LogP contribution is 2.38. The van der Waals surface area contributed by atoms with Crippen LogP contribution in [0.5, 0.6) is 5.75 Å². The fraction of sp³-hybridized carbons (Fsp3) is 0.444. The van der Waals surface area contributed by atoms with E-state index >= 15 is 0 Å². The van der Waals surface area contributed by atoms with Gasteiger partial charge < -0.3 is 9.33 Å².